The van der Waals surface area contributed by atoms with E-state index in [1.807, 2.05) is 4.90 Å². The number of ether oxygens (including phenoxy) is 1. The largest absolute Gasteiger partial charge is 0.474 e. The maximum Gasteiger partial charge on any atom is 0.417 e. The number of halogens is 3. The second-order valence-electron chi connectivity index (χ2n) is 7.59. The van der Waals surface area contributed by atoms with Crippen molar-refractivity contribution in [3.05, 3.63) is 47.8 Å². The van der Waals surface area contributed by atoms with Crippen molar-refractivity contribution in [2.24, 2.45) is 0 Å². The Balaban J connectivity index is 1.35. The molecule has 2 fully saturated rings. The summed E-state index contributed by atoms with van der Waals surface area (Å²) in [5.41, 5.74) is -0.243. The number of nitrogens with zero attached hydrogens (tertiary/aromatic N) is 4. The number of alkyl halides is 3. The highest BCUT2D eigenvalue weighted by Gasteiger charge is 2.31. The van der Waals surface area contributed by atoms with Crippen LogP contribution in [0.1, 0.15) is 41.6 Å². The Kier molecular flexibility index (Phi) is 5.78. The average Bonchev–Trinajstić information content (AvgIpc) is 3.26. The Morgan fingerprint density at radius 3 is 2.40 bits per heavy atom. The molecule has 0 aromatic carbocycles. The van der Waals surface area contributed by atoms with Crippen LogP contribution < -0.4 is 9.64 Å². The number of pyridine rings is 2. The van der Waals surface area contributed by atoms with E-state index in [1.165, 1.54) is 6.07 Å². The smallest absolute Gasteiger partial charge is 0.417 e. The van der Waals surface area contributed by atoms with E-state index < -0.39 is 11.7 Å². The molecule has 2 aromatic heterocycles. The van der Waals surface area contributed by atoms with E-state index in [4.69, 9.17) is 4.74 Å². The molecule has 0 spiro atoms. The first-order valence-corrected chi connectivity index (χ1v) is 10.1. The van der Waals surface area contributed by atoms with Crippen molar-refractivity contribution >= 4 is 11.7 Å². The van der Waals surface area contributed by atoms with E-state index in [9.17, 15) is 18.0 Å². The minimum atomic E-state index is -4.40. The number of rotatable bonds is 4. The molecule has 1 amide bonds. The van der Waals surface area contributed by atoms with E-state index in [2.05, 4.69) is 9.97 Å². The molecule has 1 saturated heterocycles. The van der Waals surface area contributed by atoms with Gasteiger partial charge in [0.25, 0.3) is 5.91 Å². The minimum Gasteiger partial charge on any atom is -0.474 e. The first kappa shape index (κ1) is 20.4. The number of hydrogen-bond acceptors (Lipinski definition) is 5. The molecule has 0 N–H and O–H groups in total. The van der Waals surface area contributed by atoms with Gasteiger partial charge in [0, 0.05) is 50.2 Å². The summed E-state index contributed by atoms with van der Waals surface area (Å²) in [5.74, 6) is 0.848. The fourth-order valence-electron chi connectivity index (χ4n) is 3.85. The molecule has 2 aliphatic rings. The predicted octanol–water partition coefficient (Wildman–Crippen LogP) is 3.78. The zero-order valence-electron chi connectivity index (χ0n) is 16.4. The van der Waals surface area contributed by atoms with Crippen molar-refractivity contribution < 1.29 is 22.7 Å². The fraction of sp³-hybridized carbons (Fsp3) is 0.476. The summed E-state index contributed by atoms with van der Waals surface area (Å²) < 4.78 is 44.0. The van der Waals surface area contributed by atoms with E-state index in [0.717, 1.165) is 37.9 Å². The summed E-state index contributed by atoms with van der Waals surface area (Å²) in [6.45, 7) is 1.92. The molecule has 0 bridgehead atoms. The lowest BCUT2D eigenvalue weighted by atomic mass is 10.2. The zero-order chi connectivity index (χ0) is 21.1. The number of piperazine rings is 1. The van der Waals surface area contributed by atoms with Gasteiger partial charge in [0.15, 0.2) is 0 Å². The van der Waals surface area contributed by atoms with E-state index >= 15 is 0 Å². The van der Waals surface area contributed by atoms with Crippen LogP contribution >= 0.6 is 0 Å². The molecule has 0 atom stereocenters. The molecule has 0 unspecified atom stereocenters. The van der Waals surface area contributed by atoms with Crippen molar-refractivity contribution in [3.63, 3.8) is 0 Å². The van der Waals surface area contributed by atoms with Crippen molar-refractivity contribution in [2.75, 3.05) is 31.1 Å². The summed E-state index contributed by atoms with van der Waals surface area (Å²) in [6, 6.07) is 5.76. The summed E-state index contributed by atoms with van der Waals surface area (Å²) >= 11 is 0. The average molecular weight is 420 g/mol. The molecule has 6 nitrogen and oxygen atoms in total. The van der Waals surface area contributed by atoms with Gasteiger partial charge in [-0.15, -0.1) is 0 Å². The molecule has 2 aromatic rings. The highest BCUT2D eigenvalue weighted by Crippen LogP contribution is 2.29. The van der Waals surface area contributed by atoms with Gasteiger partial charge >= 0.3 is 6.18 Å². The van der Waals surface area contributed by atoms with E-state index in [1.54, 1.807) is 23.2 Å². The van der Waals surface area contributed by atoms with Crippen LogP contribution in [-0.2, 0) is 6.18 Å². The number of aromatic nitrogens is 2. The fourth-order valence-corrected chi connectivity index (χ4v) is 3.85. The third-order valence-electron chi connectivity index (χ3n) is 5.54. The summed E-state index contributed by atoms with van der Waals surface area (Å²) in [5, 5.41) is 0. The van der Waals surface area contributed by atoms with Gasteiger partial charge in [0.2, 0.25) is 5.88 Å². The Labute approximate surface area is 172 Å². The molecular formula is C21H23F3N4O2. The van der Waals surface area contributed by atoms with Gasteiger partial charge in [0.05, 0.1) is 5.56 Å². The summed E-state index contributed by atoms with van der Waals surface area (Å²) in [4.78, 5) is 24.6. The zero-order valence-corrected chi connectivity index (χ0v) is 16.4. The molecule has 1 aliphatic heterocycles. The number of hydrogen-bond donors (Lipinski definition) is 0. The topological polar surface area (TPSA) is 58.6 Å². The highest BCUT2D eigenvalue weighted by molar-refractivity contribution is 5.94. The Bertz CT molecular complexity index is 875. The van der Waals surface area contributed by atoms with Gasteiger partial charge in [-0.3, -0.25) is 4.79 Å². The highest BCUT2D eigenvalue weighted by atomic mass is 19.4. The minimum absolute atomic E-state index is 0.103. The third kappa shape index (κ3) is 4.66. The lowest BCUT2D eigenvalue weighted by Crippen LogP contribution is -2.49. The van der Waals surface area contributed by atoms with Gasteiger partial charge in [-0.05, 0) is 43.9 Å². The maximum absolute atomic E-state index is 12.9. The standard InChI is InChI=1S/C21H23F3N4O2/c22-21(23,24)16-5-6-18(26-14-16)27-9-11-28(12-10-27)20(29)15-7-8-25-19(13-15)30-17-3-1-2-4-17/h5-8,13-14,17H,1-4,9-12H2. The Hall–Kier alpha value is -2.84. The molecule has 4 rings (SSSR count). The summed E-state index contributed by atoms with van der Waals surface area (Å²) in [6.07, 6.45) is 2.53. The van der Waals surface area contributed by atoms with Gasteiger partial charge in [-0.25, -0.2) is 9.97 Å². The first-order valence-electron chi connectivity index (χ1n) is 10.1. The maximum atomic E-state index is 12.9. The lowest BCUT2D eigenvalue weighted by molar-refractivity contribution is -0.137. The monoisotopic (exact) mass is 420 g/mol. The van der Waals surface area contributed by atoms with Crippen molar-refractivity contribution in [3.8, 4) is 5.88 Å². The molecule has 1 aliphatic carbocycles. The van der Waals surface area contributed by atoms with Crippen LogP contribution in [0, 0.1) is 0 Å². The Morgan fingerprint density at radius 1 is 1.03 bits per heavy atom. The van der Waals surface area contributed by atoms with Gasteiger partial charge in [-0.2, -0.15) is 13.2 Å². The molecular weight excluding hydrogens is 397 g/mol. The van der Waals surface area contributed by atoms with Crippen LogP contribution in [-0.4, -0.2) is 53.1 Å². The Morgan fingerprint density at radius 2 is 1.77 bits per heavy atom. The first-order chi connectivity index (χ1) is 14.4. The predicted molar refractivity (Wildman–Crippen MR) is 104 cm³/mol. The number of anilines is 1. The quantitative estimate of drug-likeness (QED) is 0.754. The van der Waals surface area contributed by atoms with Crippen LogP contribution in [0.4, 0.5) is 19.0 Å². The van der Waals surface area contributed by atoms with Crippen LogP contribution in [0.25, 0.3) is 0 Å². The molecule has 9 heteroatoms. The second-order valence-corrected chi connectivity index (χ2v) is 7.59. The number of carbonyl (C=O) groups is 1. The normalized spacial score (nSPS) is 18.0. The van der Waals surface area contributed by atoms with Gasteiger partial charge in [-0.1, -0.05) is 0 Å². The van der Waals surface area contributed by atoms with Crippen molar-refractivity contribution in [1.29, 1.82) is 0 Å². The second kappa shape index (κ2) is 8.49. The summed E-state index contributed by atoms with van der Waals surface area (Å²) in [7, 11) is 0. The molecule has 30 heavy (non-hydrogen) atoms. The number of amides is 1. The van der Waals surface area contributed by atoms with Crippen molar-refractivity contribution in [2.45, 2.75) is 38.0 Å². The molecule has 0 radical (unpaired) electrons. The number of carbonyl (C=O) groups excluding carboxylic acids is 1. The van der Waals surface area contributed by atoms with Crippen LogP contribution in [0.5, 0.6) is 5.88 Å². The van der Waals surface area contributed by atoms with Gasteiger partial charge < -0.3 is 14.5 Å². The van der Waals surface area contributed by atoms with Crippen molar-refractivity contribution in [1.82, 2.24) is 14.9 Å². The van der Waals surface area contributed by atoms with Gasteiger partial charge in [0.1, 0.15) is 11.9 Å². The van der Waals surface area contributed by atoms with Crippen LogP contribution in [0.3, 0.4) is 0 Å². The molecule has 1 saturated carbocycles. The lowest BCUT2D eigenvalue weighted by Gasteiger charge is -2.35. The molecule has 3 heterocycles. The third-order valence-corrected chi connectivity index (χ3v) is 5.54. The van der Waals surface area contributed by atoms with E-state index in [-0.39, 0.29) is 12.0 Å². The van der Waals surface area contributed by atoms with E-state index in [0.29, 0.717) is 43.4 Å². The van der Waals surface area contributed by atoms with Crippen LogP contribution in [0.15, 0.2) is 36.7 Å². The SMILES string of the molecule is O=C(c1ccnc(OC2CCCC2)c1)N1CCN(c2ccc(C(F)(F)F)cn2)CC1. The molecule has 160 valence electrons. The van der Waals surface area contributed by atoms with Crippen LogP contribution in [0.2, 0.25) is 0 Å².